The second-order valence-corrected chi connectivity index (χ2v) is 6.65. The minimum atomic E-state index is -4.33. The molecular weight excluding hydrogens is 351 g/mol. The van der Waals surface area contributed by atoms with Crippen LogP contribution in [-0.2, 0) is 6.18 Å². The Labute approximate surface area is 157 Å². The van der Waals surface area contributed by atoms with E-state index in [4.69, 9.17) is 4.42 Å². The van der Waals surface area contributed by atoms with Gasteiger partial charge in [-0.15, -0.1) is 0 Å². The molecule has 1 fully saturated rings. The Morgan fingerprint density at radius 2 is 2.00 bits per heavy atom. The fourth-order valence-corrected chi connectivity index (χ4v) is 3.29. The van der Waals surface area contributed by atoms with Crippen LogP contribution in [0.1, 0.15) is 48.7 Å². The number of benzene rings is 1. The van der Waals surface area contributed by atoms with E-state index in [0.29, 0.717) is 0 Å². The second-order valence-electron chi connectivity index (χ2n) is 6.65. The highest BCUT2D eigenvalue weighted by Crippen LogP contribution is 2.38. The van der Waals surface area contributed by atoms with Crippen molar-refractivity contribution in [2.45, 2.75) is 38.0 Å². The molecule has 3 rings (SSSR count). The highest BCUT2D eigenvalue weighted by atomic mass is 19.4. The predicted molar refractivity (Wildman–Crippen MR) is 98.5 cm³/mol. The Kier molecular flexibility index (Phi) is 5.76. The Balaban J connectivity index is 1.94. The minimum absolute atomic E-state index is 0.0597. The van der Waals surface area contributed by atoms with Crippen molar-refractivity contribution >= 4 is 0 Å². The molecule has 1 radical (unpaired) electrons. The molecule has 2 heterocycles. The molecule has 2 atom stereocenters. The Morgan fingerprint density at radius 3 is 2.59 bits per heavy atom. The van der Waals surface area contributed by atoms with Gasteiger partial charge in [0.05, 0.1) is 11.8 Å². The fraction of sp³-hybridized carbons (Fsp3) is 0.318. The third-order valence-electron chi connectivity index (χ3n) is 4.57. The standard InChI is InChI=1S/C22H21F3NO/c1-16(2)8-13-20(21-7-5-15-27-21)26-14-4-3-6-19(26)17-9-11-18(12-10-17)22(23,24)25/h3,5,7,9-12,15,19-20H,1,4,6,14H2,2H3/t19-,20+/m0/s1. The number of alkyl halides is 3. The summed E-state index contributed by atoms with van der Waals surface area (Å²) in [6, 6.07) is 8.75. The summed E-state index contributed by atoms with van der Waals surface area (Å²) < 4.78 is 44.2. The van der Waals surface area contributed by atoms with Crippen molar-refractivity contribution in [1.29, 1.82) is 0 Å². The van der Waals surface area contributed by atoms with E-state index in [-0.39, 0.29) is 12.1 Å². The van der Waals surface area contributed by atoms with E-state index in [1.807, 2.05) is 19.1 Å². The molecule has 0 bridgehead atoms. The first kappa shape index (κ1) is 19.3. The lowest BCUT2D eigenvalue weighted by Gasteiger charge is -2.38. The summed E-state index contributed by atoms with van der Waals surface area (Å²) in [6.45, 7) is 6.42. The van der Waals surface area contributed by atoms with E-state index < -0.39 is 11.7 Å². The first-order chi connectivity index (χ1) is 12.9. The molecule has 141 valence electrons. The quantitative estimate of drug-likeness (QED) is 0.618. The number of allylic oxidation sites excluding steroid dienone is 1. The van der Waals surface area contributed by atoms with Crippen LogP contribution in [-0.4, -0.2) is 11.4 Å². The first-order valence-corrected chi connectivity index (χ1v) is 8.81. The average molecular weight is 372 g/mol. The number of furan rings is 1. The summed E-state index contributed by atoms with van der Waals surface area (Å²) in [4.78, 5) is 2.19. The highest BCUT2D eigenvalue weighted by Gasteiger charge is 2.33. The van der Waals surface area contributed by atoms with Crippen molar-refractivity contribution in [1.82, 2.24) is 4.90 Å². The predicted octanol–water partition coefficient (Wildman–Crippen LogP) is 5.96. The molecule has 0 unspecified atom stereocenters. The fourth-order valence-electron chi connectivity index (χ4n) is 3.29. The van der Waals surface area contributed by atoms with Crippen LogP contribution in [0.15, 0.2) is 59.2 Å². The first-order valence-electron chi connectivity index (χ1n) is 8.81. The van der Waals surface area contributed by atoms with Gasteiger partial charge in [0.25, 0.3) is 0 Å². The van der Waals surface area contributed by atoms with Crippen molar-refractivity contribution in [2.75, 3.05) is 6.54 Å². The molecule has 1 aromatic carbocycles. The summed E-state index contributed by atoms with van der Waals surface area (Å²) in [5.74, 6) is 6.97. The summed E-state index contributed by atoms with van der Waals surface area (Å²) in [6.07, 6.45) is 1.08. The van der Waals surface area contributed by atoms with E-state index in [0.717, 1.165) is 48.4 Å². The number of nitrogens with zero attached hydrogens (tertiary/aromatic N) is 1. The van der Waals surface area contributed by atoms with Gasteiger partial charge in [-0.05, 0) is 61.6 Å². The van der Waals surface area contributed by atoms with E-state index >= 15 is 0 Å². The van der Waals surface area contributed by atoms with Crippen molar-refractivity contribution in [3.05, 3.63) is 78.1 Å². The third-order valence-corrected chi connectivity index (χ3v) is 4.57. The van der Waals surface area contributed by atoms with E-state index in [2.05, 4.69) is 29.7 Å². The van der Waals surface area contributed by atoms with Gasteiger partial charge in [0.15, 0.2) is 0 Å². The van der Waals surface area contributed by atoms with E-state index in [1.54, 1.807) is 18.4 Å². The van der Waals surface area contributed by atoms with Gasteiger partial charge in [-0.25, -0.2) is 0 Å². The molecule has 1 aliphatic heterocycles. The van der Waals surface area contributed by atoms with Crippen LogP contribution in [0.25, 0.3) is 0 Å². The molecule has 0 saturated carbocycles. The molecule has 2 aromatic rings. The normalized spacial score (nSPS) is 19.2. The van der Waals surface area contributed by atoms with Gasteiger partial charge in [0, 0.05) is 12.6 Å². The lowest BCUT2D eigenvalue weighted by molar-refractivity contribution is -0.137. The van der Waals surface area contributed by atoms with Crippen LogP contribution in [0.5, 0.6) is 0 Å². The number of rotatable bonds is 3. The third kappa shape index (κ3) is 4.64. The SMILES string of the molecule is C=C(C)C#C[C@H](c1ccco1)N1CC[CH]C[C@H]1c1ccc(C(F)(F)F)cc1. The molecule has 5 heteroatoms. The van der Waals surface area contributed by atoms with Gasteiger partial charge in [0.2, 0.25) is 0 Å². The van der Waals surface area contributed by atoms with Gasteiger partial charge in [0.1, 0.15) is 11.8 Å². The van der Waals surface area contributed by atoms with Gasteiger partial charge in [-0.3, -0.25) is 4.90 Å². The Hall–Kier alpha value is -2.45. The molecule has 1 aromatic heterocycles. The molecule has 0 aliphatic carbocycles. The summed E-state index contributed by atoms with van der Waals surface area (Å²) in [5, 5.41) is 0. The maximum Gasteiger partial charge on any atom is 0.416 e. The van der Waals surface area contributed by atoms with Crippen LogP contribution < -0.4 is 0 Å². The van der Waals surface area contributed by atoms with Gasteiger partial charge in [-0.2, -0.15) is 13.2 Å². The molecule has 2 nitrogen and oxygen atoms in total. The summed E-state index contributed by atoms with van der Waals surface area (Å²) >= 11 is 0. The highest BCUT2D eigenvalue weighted by molar-refractivity contribution is 5.32. The van der Waals surface area contributed by atoms with Crippen LogP contribution >= 0.6 is 0 Å². The second kappa shape index (κ2) is 8.06. The lowest BCUT2D eigenvalue weighted by Crippen LogP contribution is -2.36. The molecule has 1 aliphatic rings. The number of likely N-dealkylation sites (tertiary alicyclic amines) is 1. The van der Waals surface area contributed by atoms with Crippen LogP contribution in [0.3, 0.4) is 0 Å². The topological polar surface area (TPSA) is 16.4 Å². The van der Waals surface area contributed by atoms with Gasteiger partial charge in [-0.1, -0.05) is 30.6 Å². The molecule has 1 saturated heterocycles. The average Bonchev–Trinajstić information content (AvgIpc) is 3.16. The summed E-state index contributed by atoms with van der Waals surface area (Å²) in [7, 11) is 0. The Bertz CT molecular complexity index is 825. The Morgan fingerprint density at radius 1 is 1.26 bits per heavy atom. The zero-order chi connectivity index (χ0) is 19.4. The number of piperidine rings is 1. The molecule has 27 heavy (non-hydrogen) atoms. The van der Waals surface area contributed by atoms with Crippen molar-refractivity contribution in [3.63, 3.8) is 0 Å². The number of halogens is 3. The zero-order valence-electron chi connectivity index (χ0n) is 15.1. The smallest absolute Gasteiger partial charge is 0.416 e. The van der Waals surface area contributed by atoms with Crippen LogP contribution in [0.4, 0.5) is 13.2 Å². The molecule has 0 N–H and O–H groups in total. The molecular formula is C22H21F3NO. The number of hydrogen-bond acceptors (Lipinski definition) is 2. The van der Waals surface area contributed by atoms with Crippen molar-refractivity contribution in [2.24, 2.45) is 0 Å². The summed E-state index contributed by atoms with van der Waals surface area (Å²) in [5.41, 5.74) is 0.955. The molecule has 0 spiro atoms. The lowest BCUT2D eigenvalue weighted by atomic mass is 9.92. The van der Waals surface area contributed by atoms with Crippen molar-refractivity contribution in [3.8, 4) is 11.8 Å². The number of hydrogen-bond donors (Lipinski definition) is 0. The van der Waals surface area contributed by atoms with Gasteiger partial charge >= 0.3 is 6.18 Å². The largest absolute Gasteiger partial charge is 0.467 e. The zero-order valence-corrected chi connectivity index (χ0v) is 15.1. The van der Waals surface area contributed by atoms with E-state index in [1.165, 1.54) is 0 Å². The van der Waals surface area contributed by atoms with Gasteiger partial charge < -0.3 is 4.42 Å². The maximum absolute atomic E-state index is 12.9. The monoisotopic (exact) mass is 372 g/mol. The minimum Gasteiger partial charge on any atom is -0.467 e. The molecule has 0 amide bonds. The van der Waals surface area contributed by atoms with Crippen LogP contribution in [0, 0.1) is 18.3 Å². The van der Waals surface area contributed by atoms with Crippen molar-refractivity contribution < 1.29 is 17.6 Å². The maximum atomic E-state index is 12.9. The van der Waals surface area contributed by atoms with E-state index in [9.17, 15) is 13.2 Å². The van der Waals surface area contributed by atoms with Crippen LogP contribution in [0.2, 0.25) is 0 Å².